The Kier molecular flexibility index (Phi) is 51.9. The van der Waals surface area contributed by atoms with Gasteiger partial charge in [-0.15, -0.1) is 0 Å². The fourth-order valence-electron chi connectivity index (χ4n) is 7.73. The molecule has 0 spiro atoms. The van der Waals surface area contributed by atoms with Gasteiger partial charge in [-0.05, 0) is 89.9 Å². The lowest BCUT2D eigenvalue weighted by atomic mass is 10.1. The van der Waals surface area contributed by atoms with E-state index in [1.165, 1.54) is 83.5 Å². The number of carbonyl (C=O) groups excluding carboxylic acids is 3. The van der Waals surface area contributed by atoms with Gasteiger partial charge in [0.15, 0.2) is 6.10 Å². The molecule has 0 bridgehead atoms. The summed E-state index contributed by atoms with van der Waals surface area (Å²) in [7, 11) is -4.76. The van der Waals surface area contributed by atoms with Crippen molar-refractivity contribution in [2.45, 2.75) is 264 Å². The Morgan fingerprint density at radius 1 is 0.403 bits per heavy atom. The van der Waals surface area contributed by atoms with Gasteiger partial charge in [-0.2, -0.15) is 0 Å². The average Bonchev–Trinajstić information content (AvgIpc) is 3.37. The maximum absolute atomic E-state index is 12.9. The van der Waals surface area contributed by atoms with Crippen molar-refractivity contribution in [1.82, 2.24) is 0 Å². The van der Waals surface area contributed by atoms with Crippen LogP contribution in [0.1, 0.15) is 252 Å². The molecule has 3 unspecified atom stereocenters. The summed E-state index contributed by atoms with van der Waals surface area (Å²) in [5.41, 5.74) is 0. The average molecular weight is 1030 g/mol. The van der Waals surface area contributed by atoms with Crippen LogP contribution in [0.25, 0.3) is 0 Å². The highest BCUT2D eigenvalue weighted by Gasteiger charge is 2.28. The number of unbranched alkanes of at least 4 members (excludes halogenated alkanes) is 24. The molecule has 0 rings (SSSR count). The summed E-state index contributed by atoms with van der Waals surface area (Å²) < 4.78 is 39.5. The predicted octanol–water partition coefficient (Wildman–Crippen LogP) is 16.9. The second-order valence-corrected chi connectivity index (χ2v) is 20.5. The number of aliphatic hydroxyl groups excluding tert-OH is 1. The molecule has 0 aromatic heterocycles. The van der Waals surface area contributed by atoms with E-state index in [0.29, 0.717) is 19.3 Å². The first-order chi connectivity index (χ1) is 35.2. The van der Waals surface area contributed by atoms with Gasteiger partial charge in [0.25, 0.3) is 0 Å². The molecule has 11 nitrogen and oxygen atoms in total. The topological polar surface area (TPSA) is 155 Å². The zero-order valence-electron chi connectivity index (χ0n) is 45.9. The van der Waals surface area contributed by atoms with Crippen molar-refractivity contribution < 1.29 is 52.2 Å². The zero-order valence-corrected chi connectivity index (χ0v) is 46.8. The van der Waals surface area contributed by atoms with Crippen LogP contribution in [0.2, 0.25) is 0 Å². The molecule has 0 fully saturated rings. The van der Waals surface area contributed by atoms with Gasteiger partial charge < -0.3 is 24.2 Å². The van der Waals surface area contributed by atoms with Gasteiger partial charge in [-0.25, -0.2) is 4.57 Å². The molecule has 3 atom stereocenters. The number of phosphoric ester groups is 1. The molecule has 0 aliphatic carbocycles. The molecule has 0 aromatic rings. The highest BCUT2D eigenvalue weighted by atomic mass is 31.2. The molecule has 0 aliphatic heterocycles. The highest BCUT2D eigenvalue weighted by molar-refractivity contribution is 7.47. The number of allylic oxidation sites excluding steroid dienone is 12. The van der Waals surface area contributed by atoms with Crippen molar-refractivity contribution in [3.63, 3.8) is 0 Å². The van der Waals surface area contributed by atoms with E-state index in [9.17, 15) is 28.9 Å². The van der Waals surface area contributed by atoms with Crippen molar-refractivity contribution in [3.8, 4) is 0 Å². The highest BCUT2D eigenvalue weighted by Crippen LogP contribution is 2.43. The Morgan fingerprint density at radius 2 is 0.722 bits per heavy atom. The molecule has 0 aromatic carbocycles. The molecule has 0 heterocycles. The first-order valence-corrected chi connectivity index (χ1v) is 30.3. The predicted molar refractivity (Wildman–Crippen MR) is 298 cm³/mol. The number of esters is 3. The van der Waals surface area contributed by atoms with Crippen LogP contribution >= 0.6 is 7.82 Å². The minimum atomic E-state index is -4.76. The Hall–Kier alpha value is -3.08. The molecule has 0 radical (unpaired) electrons. The summed E-state index contributed by atoms with van der Waals surface area (Å²) in [4.78, 5) is 48.5. The van der Waals surface area contributed by atoms with E-state index in [-0.39, 0.29) is 25.9 Å². The van der Waals surface area contributed by atoms with E-state index < -0.39 is 57.8 Å². The smallest absolute Gasteiger partial charge is 0.462 e. The summed E-state index contributed by atoms with van der Waals surface area (Å²) in [5, 5.41) is 9.79. The molecule has 12 heteroatoms. The van der Waals surface area contributed by atoms with Crippen LogP contribution in [0.4, 0.5) is 0 Å². The Balaban J connectivity index is 4.80. The van der Waals surface area contributed by atoms with Crippen LogP contribution in [-0.4, -0.2) is 66.5 Å². The summed E-state index contributed by atoms with van der Waals surface area (Å²) in [5.74, 6) is -1.51. The van der Waals surface area contributed by atoms with Gasteiger partial charge in [-0.1, -0.05) is 216 Å². The number of carbonyl (C=O) groups is 3. The third-order valence-electron chi connectivity index (χ3n) is 12.1. The fourth-order valence-corrected chi connectivity index (χ4v) is 8.51. The van der Waals surface area contributed by atoms with Crippen LogP contribution in [-0.2, 0) is 42.2 Å². The van der Waals surface area contributed by atoms with E-state index in [0.717, 1.165) is 109 Å². The van der Waals surface area contributed by atoms with Crippen LogP contribution < -0.4 is 0 Å². The van der Waals surface area contributed by atoms with Crippen LogP contribution in [0, 0.1) is 0 Å². The summed E-state index contributed by atoms with van der Waals surface area (Å²) in [6, 6.07) is 0. The lowest BCUT2D eigenvalue weighted by Crippen LogP contribution is -2.30. The Morgan fingerprint density at radius 3 is 1.14 bits per heavy atom. The molecular formula is C60H105O11P. The summed E-state index contributed by atoms with van der Waals surface area (Å²) in [6.45, 7) is 4.48. The van der Waals surface area contributed by atoms with E-state index in [2.05, 4.69) is 93.7 Å². The quantitative estimate of drug-likeness (QED) is 0.0197. The van der Waals surface area contributed by atoms with Crippen molar-refractivity contribution in [2.24, 2.45) is 0 Å². The lowest BCUT2D eigenvalue weighted by molar-refractivity contribution is -0.161. The van der Waals surface area contributed by atoms with Crippen LogP contribution in [0.15, 0.2) is 72.9 Å². The first kappa shape index (κ1) is 68.9. The van der Waals surface area contributed by atoms with Crippen molar-refractivity contribution in [1.29, 1.82) is 0 Å². The summed E-state index contributed by atoms with van der Waals surface area (Å²) in [6.07, 6.45) is 60.0. The van der Waals surface area contributed by atoms with Gasteiger partial charge in [0.05, 0.1) is 19.8 Å². The lowest BCUT2D eigenvalue weighted by Gasteiger charge is -2.21. The fraction of sp³-hybridized carbons (Fsp3) is 0.750. The Labute approximate surface area is 439 Å². The minimum absolute atomic E-state index is 0.126. The third-order valence-corrected chi connectivity index (χ3v) is 13.1. The maximum Gasteiger partial charge on any atom is 0.472 e. The molecule has 416 valence electrons. The molecule has 0 aliphatic rings. The van der Waals surface area contributed by atoms with Gasteiger partial charge in [0.1, 0.15) is 12.7 Å². The van der Waals surface area contributed by atoms with E-state index in [4.69, 9.17) is 23.3 Å². The molecule has 0 saturated carbocycles. The molecule has 0 amide bonds. The summed E-state index contributed by atoms with van der Waals surface area (Å²) >= 11 is 0. The monoisotopic (exact) mass is 1030 g/mol. The van der Waals surface area contributed by atoms with Crippen LogP contribution in [0.5, 0.6) is 0 Å². The second-order valence-electron chi connectivity index (χ2n) is 19.1. The third kappa shape index (κ3) is 51.8. The van der Waals surface area contributed by atoms with E-state index in [1.54, 1.807) is 0 Å². The van der Waals surface area contributed by atoms with Crippen molar-refractivity contribution in [2.75, 3.05) is 26.4 Å². The first-order valence-electron chi connectivity index (χ1n) is 28.8. The van der Waals surface area contributed by atoms with E-state index in [1.807, 2.05) is 0 Å². The van der Waals surface area contributed by atoms with Crippen molar-refractivity contribution in [3.05, 3.63) is 72.9 Å². The number of hydrogen-bond acceptors (Lipinski definition) is 10. The SMILES string of the molecule is CC/C=C\C/C=C\C/C=C\C/C=C\C/C=C\CCCCCC(=O)OC(COC(=O)CCCCCCC/C=C\CCCCCCCC)COP(=O)(O)OCC(CO)OC(=O)CCCCCCCCCCCCC. The minimum Gasteiger partial charge on any atom is -0.462 e. The van der Waals surface area contributed by atoms with Gasteiger partial charge in [0.2, 0.25) is 0 Å². The van der Waals surface area contributed by atoms with E-state index >= 15 is 0 Å². The molecule has 72 heavy (non-hydrogen) atoms. The molecule has 0 saturated heterocycles. The standard InChI is InChI=1S/C60H105O11P/c1-4-7-10-13-16-19-22-24-26-27-28-29-31-33-36-39-42-45-48-51-60(64)71-57(53-67-58(62)49-46-43-40-37-35-32-30-25-23-20-17-14-11-8-5-2)55-69-72(65,66)68-54-56(52-61)70-59(63)50-47-44-41-38-34-21-18-15-12-9-6-3/h7,10,16,19,24-26,28-30,33,36,56-57,61H,4-6,8-9,11-15,17-18,20-23,27,31-32,34-35,37-55H2,1-3H3,(H,65,66)/b10-7-,19-16-,26-24-,29-28-,30-25-,36-33-. The largest absolute Gasteiger partial charge is 0.472 e. The number of rotatable bonds is 53. The normalized spacial score (nSPS) is 13.9. The maximum atomic E-state index is 12.9. The van der Waals surface area contributed by atoms with Crippen molar-refractivity contribution >= 4 is 25.7 Å². The molecule has 2 N–H and O–H groups in total. The molecular weight excluding hydrogens is 928 g/mol. The zero-order chi connectivity index (χ0) is 52.7. The number of aliphatic hydroxyl groups is 1. The number of hydrogen-bond donors (Lipinski definition) is 2. The van der Waals surface area contributed by atoms with Gasteiger partial charge in [-0.3, -0.25) is 23.4 Å². The van der Waals surface area contributed by atoms with Gasteiger partial charge >= 0.3 is 25.7 Å². The van der Waals surface area contributed by atoms with Gasteiger partial charge in [0, 0.05) is 19.3 Å². The Bertz CT molecular complexity index is 1490. The number of phosphoric acid groups is 1. The van der Waals surface area contributed by atoms with Crippen LogP contribution in [0.3, 0.4) is 0 Å². The number of ether oxygens (including phenoxy) is 3. The second kappa shape index (κ2) is 54.2.